The number of carbonyl (C=O) groups is 3. The summed E-state index contributed by atoms with van der Waals surface area (Å²) in [5.41, 5.74) is 0. The lowest BCUT2D eigenvalue weighted by Crippen LogP contribution is -2.44. The lowest BCUT2D eigenvalue weighted by atomic mass is 10.0. The van der Waals surface area contributed by atoms with Crippen LogP contribution < -0.4 is 5.11 Å². The summed E-state index contributed by atoms with van der Waals surface area (Å²) in [7, 11) is 5.91. The molecule has 0 aromatic rings. The van der Waals surface area contributed by atoms with E-state index < -0.39 is 24.3 Å². The maximum absolute atomic E-state index is 12.9. The van der Waals surface area contributed by atoms with Crippen molar-refractivity contribution in [3.05, 3.63) is 97.2 Å². The Kier molecular flexibility index (Phi) is 55.5. The van der Waals surface area contributed by atoms with Crippen molar-refractivity contribution in [1.29, 1.82) is 0 Å². The number of esters is 2. The molecule has 0 N–H and O–H groups in total. The van der Waals surface area contributed by atoms with Gasteiger partial charge in [-0.3, -0.25) is 9.59 Å². The Hall–Kier alpha value is -3.79. The molecule has 0 radical (unpaired) electrons. The number of allylic oxidation sites excluding steroid dienone is 16. The van der Waals surface area contributed by atoms with Crippen LogP contribution >= 0.6 is 0 Å². The number of unbranched alkanes of at least 4 members (excludes halogenated alkanes) is 26. The van der Waals surface area contributed by atoms with Crippen molar-refractivity contribution in [2.45, 2.75) is 270 Å². The molecule has 0 fully saturated rings. The predicted octanol–water partition coefficient (Wildman–Crippen LogP) is 17.6. The second kappa shape index (κ2) is 58.4. The molecule has 0 heterocycles. The maximum atomic E-state index is 12.9. The topological polar surface area (TPSA) is 111 Å². The summed E-state index contributed by atoms with van der Waals surface area (Å²) in [6.07, 6.45) is 76.1. The highest BCUT2D eigenvalue weighted by molar-refractivity contribution is 5.70. The standard InChI is InChI=1S/C68H117NO8/c1-6-8-10-12-14-16-18-20-22-24-26-28-30-31-32-33-34-35-37-38-40-42-44-46-48-50-52-54-56-58-65(70)75-62-64(63-76-68(67(72)73)74-61-60-69(3,4)5)77-66(71)59-57-55-53-51-49-47-45-43-41-39-36-29-27-25-23-21-19-17-15-13-11-9-7-2/h9,11,15,17-18,20-21,23-24,26-27,29,39,41,45,47,64,68H,6-8,10,12-14,16,19,22,25,28,30-38,40,42-44,46,48-63H2,1-5H3/b11-9-,17-15-,20-18-,23-21-,26-24-,29-27-,41-39-,47-45-. The summed E-state index contributed by atoms with van der Waals surface area (Å²) in [5, 5.41) is 11.8. The van der Waals surface area contributed by atoms with Gasteiger partial charge in [-0.1, -0.05) is 246 Å². The number of carboxylic acids is 1. The molecule has 9 nitrogen and oxygen atoms in total. The van der Waals surface area contributed by atoms with Gasteiger partial charge in [-0.2, -0.15) is 0 Å². The number of carbonyl (C=O) groups excluding carboxylic acids is 3. The molecule has 0 aromatic carbocycles. The Morgan fingerprint density at radius 2 is 0.740 bits per heavy atom. The van der Waals surface area contributed by atoms with E-state index in [1.165, 1.54) is 135 Å². The van der Waals surface area contributed by atoms with Gasteiger partial charge in [0.25, 0.3) is 0 Å². The Labute approximate surface area is 473 Å². The van der Waals surface area contributed by atoms with Gasteiger partial charge in [-0.05, 0) is 96.3 Å². The van der Waals surface area contributed by atoms with Gasteiger partial charge in [0.1, 0.15) is 13.2 Å². The number of likely N-dealkylation sites (N-methyl/N-ethyl adjacent to an activating group) is 1. The van der Waals surface area contributed by atoms with E-state index >= 15 is 0 Å². The van der Waals surface area contributed by atoms with Crippen molar-refractivity contribution in [3.8, 4) is 0 Å². The van der Waals surface area contributed by atoms with E-state index in [9.17, 15) is 19.5 Å². The summed E-state index contributed by atoms with van der Waals surface area (Å²) >= 11 is 0. The molecule has 0 aromatic heterocycles. The summed E-state index contributed by atoms with van der Waals surface area (Å²) < 4.78 is 22.7. The third-order valence-corrected chi connectivity index (χ3v) is 13.3. The SMILES string of the molecule is CC/C=C\C/C=C\C/C=C\C/C=C\C/C=C\C/C=C\CCCCCCC(=O)OC(COC(=O)CCCCCCCCCCCCCCCCCCC/C=C\C/C=C\CCCCCCC)COC(OCC[N+](C)(C)C)C(=O)[O-]. The number of ether oxygens (including phenoxy) is 4. The highest BCUT2D eigenvalue weighted by Crippen LogP contribution is 2.16. The second-order valence-corrected chi connectivity index (χ2v) is 22.0. The van der Waals surface area contributed by atoms with E-state index in [1.807, 2.05) is 21.1 Å². The monoisotopic (exact) mass is 1080 g/mol. The Morgan fingerprint density at radius 1 is 0.403 bits per heavy atom. The predicted molar refractivity (Wildman–Crippen MR) is 324 cm³/mol. The fourth-order valence-corrected chi connectivity index (χ4v) is 8.51. The summed E-state index contributed by atoms with van der Waals surface area (Å²) in [4.78, 5) is 37.4. The molecular formula is C68H117NO8. The van der Waals surface area contributed by atoms with Crippen LogP contribution in [0, 0.1) is 0 Å². The highest BCUT2D eigenvalue weighted by Gasteiger charge is 2.22. The fourth-order valence-electron chi connectivity index (χ4n) is 8.51. The van der Waals surface area contributed by atoms with Crippen LogP contribution in [-0.2, 0) is 33.3 Å². The van der Waals surface area contributed by atoms with Gasteiger partial charge in [-0.15, -0.1) is 0 Å². The molecular weight excluding hydrogens is 959 g/mol. The zero-order chi connectivity index (χ0) is 56.2. The third-order valence-electron chi connectivity index (χ3n) is 13.3. The van der Waals surface area contributed by atoms with Gasteiger partial charge in [-0.25, -0.2) is 0 Å². The van der Waals surface area contributed by atoms with Gasteiger partial charge < -0.3 is 33.3 Å². The van der Waals surface area contributed by atoms with Gasteiger partial charge >= 0.3 is 11.9 Å². The van der Waals surface area contributed by atoms with Crippen molar-refractivity contribution in [3.63, 3.8) is 0 Å². The summed E-state index contributed by atoms with van der Waals surface area (Å²) in [6.45, 7) is 4.60. The molecule has 0 saturated carbocycles. The molecule has 2 atom stereocenters. The number of rotatable bonds is 57. The van der Waals surface area contributed by atoms with Crippen molar-refractivity contribution < 1.29 is 42.9 Å². The molecule has 0 aliphatic rings. The third kappa shape index (κ3) is 59.7. The molecule has 2 unspecified atom stereocenters. The van der Waals surface area contributed by atoms with Gasteiger partial charge in [0.15, 0.2) is 12.4 Å². The molecule has 0 bridgehead atoms. The number of aliphatic carboxylic acids is 1. The Morgan fingerprint density at radius 3 is 1.10 bits per heavy atom. The minimum atomic E-state index is -1.63. The Balaban J connectivity index is 4.22. The van der Waals surface area contributed by atoms with E-state index in [0.29, 0.717) is 17.4 Å². The zero-order valence-corrected chi connectivity index (χ0v) is 50.3. The number of nitrogens with zero attached hydrogens (tertiary/aromatic N) is 1. The maximum Gasteiger partial charge on any atom is 0.306 e. The molecule has 0 rings (SSSR count). The number of carboxylic acid groups (broad SMARTS) is 1. The average Bonchev–Trinajstić information content (AvgIpc) is 3.40. The average molecular weight is 1080 g/mol. The minimum Gasteiger partial charge on any atom is -0.545 e. The smallest absolute Gasteiger partial charge is 0.306 e. The first-order valence-corrected chi connectivity index (χ1v) is 31.4. The van der Waals surface area contributed by atoms with Crippen LogP contribution in [0.15, 0.2) is 97.2 Å². The molecule has 0 aliphatic carbocycles. The second-order valence-electron chi connectivity index (χ2n) is 22.0. The van der Waals surface area contributed by atoms with Crippen LogP contribution in [0.25, 0.3) is 0 Å². The molecule has 77 heavy (non-hydrogen) atoms. The van der Waals surface area contributed by atoms with Crippen molar-refractivity contribution in [2.24, 2.45) is 0 Å². The van der Waals surface area contributed by atoms with Gasteiger partial charge in [0.05, 0.1) is 40.3 Å². The van der Waals surface area contributed by atoms with Crippen molar-refractivity contribution >= 4 is 17.9 Å². The zero-order valence-electron chi connectivity index (χ0n) is 50.3. The van der Waals surface area contributed by atoms with Crippen LogP contribution in [0.2, 0.25) is 0 Å². The molecule has 0 aliphatic heterocycles. The molecule has 442 valence electrons. The van der Waals surface area contributed by atoms with Crippen molar-refractivity contribution in [1.82, 2.24) is 0 Å². The quantitative estimate of drug-likeness (QED) is 0.0195. The molecule has 0 spiro atoms. The lowest BCUT2D eigenvalue weighted by Gasteiger charge is -2.26. The van der Waals surface area contributed by atoms with Crippen LogP contribution in [-0.4, -0.2) is 82.3 Å². The fraction of sp³-hybridized carbons (Fsp3) is 0.721. The lowest BCUT2D eigenvalue weighted by molar-refractivity contribution is -0.870. The van der Waals surface area contributed by atoms with Crippen LogP contribution in [0.4, 0.5) is 0 Å². The van der Waals surface area contributed by atoms with Gasteiger partial charge in [0, 0.05) is 12.8 Å². The largest absolute Gasteiger partial charge is 0.545 e. The van der Waals surface area contributed by atoms with Crippen LogP contribution in [0.3, 0.4) is 0 Å². The summed E-state index contributed by atoms with van der Waals surface area (Å²) in [6, 6.07) is 0. The Bertz CT molecular complexity index is 1580. The molecule has 9 heteroatoms. The van der Waals surface area contributed by atoms with E-state index in [-0.39, 0.29) is 38.6 Å². The van der Waals surface area contributed by atoms with E-state index in [0.717, 1.165) is 89.9 Å². The molecule has 0 amide bonds. The van der Waals surface area contributed by atoms with Crippen LogP contribution in [0.1, 0.15) is 258 Å². The summed E-state index contributed by atoms with van der Waals surface area (Å²) in [5.74, 6) is -2.32. The van der Waals surface area contributed by atoms with Crippen LogP contribution in [0.5, 0.6) is 0 Å². The first-order chi connectivity index (χ1) is 37.6. The number of hydrogen-bond acceptors (Lipinski definition) is 8. The number of quaternary nitrogens is 1. The number of hydrogen-bond donors (Lipinski definition) is 0. The van der Waals surface area contributed by atoms with Crippen molar-refractivity contribution in [2.75, 3.05) is 47.5 Å². The highest BCUT2D eigenvalue weighted by atomic mass is 16.7. The van der Waals surface area contributed by atoms with Gasteiger partial charge in [0.2, 0.25) is 0 Å². The first kappa shape index (κ1) is 73.2. The molecule has 0 saturated heterocycles. The van der Waals surface area contributed by atoms with E-state index in [4.69, 9.17) is 18.9 Å². The van der Waals surface area contributed by atoms with E-state index in [2.05, 4.69) is 111 Å². The minimum absolute atomic E-state index is 0.138. The normalized spacial score (nSPS) is 13.4. The van der Waals surface area contributed by atoms with E-state index in [1.54, 1.807) is 0 Å². The first-order valence-electron chi connectivity index (χ1n) is 31.4.